The molecule has 144 valence electrons. The molecular weight excluding hydrogens is 432 g/mol. The lowest BCUT2D eigenvalue weighted by atomic mass is 10.00. The molecule has 4 aromatic rings. The molecule has 0 unspecified atom stereocenters. The van der Waals surface area contributed by atoms with E-state index in [0.717, 1.165) is 21.0 Å². The Morgan fingerprint density at radius 2 is 1.72 bits per heavy atom. The van der Waals surface area contributed by atoms with Gasteiger partial charge in [-0.15, -0.1) is 0 Å². The molecule has 0 N–H and O–H groups in total. The molecule has 0 fully saturated rings. The van der Waals surface area contributed by atoms with Gasteiger partial charge in [0.15, 0.2) is 12.4 Å². The lowest BCUT2D eigenvalue weighted by molar-refractivity contribution is 0.0921. The molecule has 0 aliphatic rings. The normalized spacial score (nSPS) is 10.8. The molecule has 29 heavy (non-hydrogen) atoms. The second-order valence-corrected chi connectivity index (χ2v) is 7.55. The zero-order chi connectivity index (χ0) is 20.4. The first-order valence-corrected chi connectivity index (χ1v) is 9.86. The minimum Gasteiger partial charge on any atom is -0.485 e. The van der Waals surface area contributed by atoms with Gasteiger partial charge in [0.1, 0.15) is 11.3 Å². The molecule has 1 aromatic heterocycles. The highest BCUT2D eigenvalue weighted by molar-refractivity contribution is 9.10. The van der Waals surface area contributed by atoms with E-state index in [1.165, 1.54) is 0 Å². The van der Waals surface area contributed by atoms with Crippen LogP contribution in [0, 0.1) is 6.92 Å². The molecule has 3 aromatic carbocycles. The van der Waals surface area contributed by atoms with E-state index in [1.807, 2.05) is 55.5 Å². The Morgan fingerprint density at radius 3 is 2.45 bits per heavy atom. The Labute approximate surface area is 175 Å². The Balaban J connectivity index is 1.61. The summed E-state index contributed by atoms with van der Waals surface area (Å²) in [7, 11) is 0. The highest BCUT2D eigenvalue weighted by Gasteiger charge is 2.14. The topological polar surface area (TPSA) is 56.5 Å². The second kappa shape index (κ2) is 8.05. The molecule has 0 saturated heterocycles. The standard InChI is InChI=1S/C24H17BrO4/c1-15-20-12-11-19(28-14-21(26)16-7-9-18(25)10-8-16)13-22(20)29-24(27)23(15)17-5-3-2-4-6-17/h2-13H,14H2,1H3. The van der Waals surface area contributed by atoms with Crippen molar-refractivity contribution in [2.24, 2.45) is 0 Å². The fourth-order valence-electron chi connectivity index (χ4n) is 3.23. The van der Waals surface area contributed by atoms with Gasteiger partial charge >= 0.3 is 5.63 Å². The first-order chi connectivity index (χ1) is 14.0. The van der Waals surface area contributed by atoms with Gasteiger partial charge < -0.3 is 9.15 Å². The minimum absolute atomic E-state index is 0.0988. The van der Waals surface area contributed by atoms with E-state index < -0.39 is 5.63 Å². The number of ketones is 1. The molecule has 4 nitrogen and oxygen atoms in total. The predicted octanol–water partition coefficient (Wildman–Crippen LogP) is 5.79. The maximum atomic E-state index is 12.6. The van der Waals surface area contributed by atoms with Crippen LogP contribution >= 0.6 is 15.9 Å². The fourth-order valence-corrected chi connectivity index (χ4v) is 3.50. The van der Waals surface area contributed by atoms with Gasteiger partial charge in [0.2, 0.25) is 0 Å². The maximum absolute atomic E-state index is 12.6. The fraction of sp³-hybridized carbons (Fsp3) is 0.0833. The second-order valence-electron chi connectivity index (χ2n) is 6.63. The molecule has 4 rings (SSSR count). The van der Waals surface area contributed by atoms with Crippen molar-refractivity contribution >= 4 is 32.7 Å². The molecule has 0 amide bonds. The molecule has 0 saturated carbocycles. The van der Waals surface area contributed by atoms with Crippen molar-refractivity contribution in [2.75, 3.05) is 6.61 Å². The van der Waals surface area contributed by atoms with Crippen molar-refractivity contribution in [1.29, 1.82) is 0 Å². The van der Waals surface area contributed by atoms with Crippen molar-refractivity contribution in [3.63, 3.8) is 0 Å². The van der Waals surface area contributed by atoms with Crippen LogP contribution in [0.25, 0.3) is 22.1 Å². The number of Topliss-reactive ketones (excluding diaryl/α,β-unsaturated/α-hetero) is 1. The number of carbonyl (C=O) groups is 1. The zero-order valence-electron chi connectivity index (χ0n) is 15.6. The van der Waals surface area contributed by atoms with Crippen LogP contribution in [-0.4, -0.2) is 12.4 Å². The molecular formula is C24H17BrO4. The van der Waals surface area contributed by atoms with E-state index >= 15 is 0 Å². The summed E-state index contributed by atoms with van der Waals surface area (Å²) in [6, 6.07) is 21.8. The Kier molecular flexibility index (Phi) is 5.32. The van der Waals surface area contributed by atoms with E-state index in [4.69, 9.17) is 9.15 Å². The van der Waals surface area contributed by atoms with Gasteiger partial charge in [-0.05, 0) is 42.3 Å². The number of aryl methyl sites for hydroxylation is 1. The van der Waals surface area contributed by atoms with Gasteiger partial charge in [0.05, 0.1) is 5.56 Å². The van der Waals surface area contributed by atoms with Crippen LogP contribution in [0.2, 0.25) is 0 Å². The van der Waals surface area contributed by atoms with Gasteiger partial charge in [-0.2, -0.15) is 0 Å². The molecule has 0 bridgehead atoms. The van der Waals surface area contributed by atoms with Gasteiger partial charge in [-0.1, -0.05) is 58.4 Å². The van der Waals surface area contributed by atoms with Crippen molar-refractivity contribution in [2.45, 2.75) is 6.92 Å². The molecule has 0 spiro atoms. The number of hydrogen-bond donors (Lipinski definition) is 0. The number of ether oxygens (including phenoxy) is 1. The van der Waals surface area contributed by atoms with Crippen LogP contribution in [0.5, 0.6) is 5.75 Å². The SMILES string of the molecule is Cc1c(-c2ccccc2)c(=O)oc2cc(OCC(=O)c3ccc(Br)cc3)ccc12. The van der Waals surface area contributed by atoms with E-state index in [1.54, 1.807) is 24.3 Å². The highest BCUT2D eigenvalue weighted by Crippen LogP contribution is 2.29. The molecule has 0 radical (unpaired) electrons. The first kappa shape index (κ1) is 19.2. The number of rotatable bonds is 5. The van der Waals surface area contributed by atoms with Crippen LogP contribution in [0.1, 0.15) is 15.9 Å². The van der Waals surface area contributed by atoms with Gasteiger partial charge in [0.25, 0.3) is 0 Å². The van der Waals surface area contributed by atoms with Crippen molar-refractivity contribution in [1.82, 2.24) is 0 Å². The van der Waals surface area contributed by atoms with Crippen LogP contribution in [0.15, 0.2) is 86.5 Å². The number of carbonyl (C=O) groups excluding carboxylic acids is 1. The number of halogens is 1. The Morgan fingerprint density at radius 1 is 1.00 bits per heavy atom. The first-order valence-electron chi connectivity index (χ1n) is 9.07. The zero-order valence-corrected chi connectivity index (χ0v) is 17.2. The van der Waals surface area contributed by atoms with E-state index in [9.17, 15) is 9.59 Å². The van der Waals surface area contributed by atoms with Gasteiger partial charge in [-0.25, -0.2) is 4.79 Å². The van der Waals surface area contributed by atoms with E-state index in [-0.39, 0.29) is 12.4 Å². The number of hydrogen-bond acceptors (Lipinski definition) is 4. The molecule has 0 aliphatic heterocycles. The summed E-state index contributed by atoms with van der Waals surface area (Å²) in [6.07, 6.45) is 0. The van der Waals surface area contributed by atoms with Crippen LogP contribution in [0.3, 0.4) is 0 Å². The largest absolute Gasteiger partial charge is 0.485 e. The average molecular weight is 449 g/mol. The summed E-state index contributed by atoms with van der Waals surface area (Å²) in [4.78, 5) is 24.9. The monoisotopic (exact) mass is 448 g/mol. The van der Waals surface area contributed by atoms with Crippen LogP contribution in [0.4, 0.5) is 0 Å². The highest BCUT2D eigenvalue weighted by atomic mass is 79.9. The van der Waals surface area contributed by atoms with Crippen molar-refractivity contribution in [3.05, 3.63) is 98.8 Å². The molecule has 5 heteroatoms. The van der Waals surface area contributed by atoms with E-state index in [2.05, 4.69) is 15.9 Å². The summed E-state index contributed by atoms with van der Waals surface area (Å²) in [6.45, 7) is 1.80. The van der Waals surface area contributed by atoms with Crippen molar-refractivity contribution in [3.8, 4) is 16.9 Å². The lowest BCUT2D eigenvalue weighted by Gasteiger charge is -2.10. The third-order valence-electron chi connectivity index (χ3n) is 4.74. The maximum Gasteiger partial charge on any atom is 0.344 e. The minimum atomic E-state index is -0.399. The molecule has 0 atom stereocenters. The Hall–Kier alpha value is -3.18. The van der Waals surface area contributed by atoms with Crippen molar-refractivity contribution < 1.29 is 13.9 Å². The van der Waals surface area contributed by atoms with Crippen LogP contribution in [-0.2, 0) is 0 Å². The Bertz CT molecular complexity index is 1240. The summed E-state index contributed by atoms with van der Waals surface area (Å²) < 4.78 is 12.1. The van der Waals surface area contributed by atoms with Gasteiger partial charge in [-0.3, -0.25) is 4.79 Å². The van der Waals surface area contributed by atoms with E-state index in [0.29, 0.717) is 22.5 Å². The summed E-state index contributed by atoms with van der Waals surface area (Å²) in [5, 5.41) is 0.829. The number of benzene rings is 3. The van der Waals surface area contributed by atoms with Crippen LogP contribution < -0.4 is 10.4 Å². The average Bonchev–Trinajstić information content (AvgIpc) is 2.73. The summed E-state index contributed by atoms with van der Waals surface area (Å²) in [5.41, 5.74) is 2.83. The quantitative estimate of drug-likeness (QED) is 0.286. The number of fused-ring (bicyclic) bond motifs is 1. The summed E-state index contributed by atoms with van der Waals surface area (Å²) in [5.74, 6) is 0.340. The smallest absolute Gasteiger partial charge is 0.344 e. The molecule has 0 aliphatic carbocycles. The lowest BCUT2D eigenvalue weighted by Crippen LogP contribution is -2.11. The predicted molar refractivity (Wildman–Crippen MR) is 117 cm³/mol. The third-order valence-corrected chi connectivity index (χ3v) is 5.27. The van der Waals surface area contributed by atoms with Gasteiger partial charge in [0, 0.05) is 21.5 Å². The molecule has 1 heterocycles. The summed E-state index contributed by atoms with van der Waals surface area (Å²) >= 11 is 3.35. The third kappa shape index (κ3) is 4.00.